The summed E-state index contributed by atoms with van der Waals surface area (Å²) in [4.78, 5) is 12.6. The summed E-state index contributed by atoms with van der Waals surface area (Å²) < 4.78 is 5.59. The maximum absolute atomic E-state index is 12.6. The molecule has 2 aliphatic carbocycles. The van der Waals surface area contributed by atoms with Crippen LogP contribution in [0.2, 0.25) is 0 Å². The molecule has 0 amide bonds. The van der Waals surface area contributed by atoms with Crippen molar-refractivity contribution in [2.24, 2.45) is 23.7 Å². The van der Waals surface area contributed by atoms with Crippen LogP contribution in [0.25, 0.3) is 6.08 Å². The molecule has 0 aliphatic heterocycles. The van der Waals surface area contributed by atoms with E-state index in [2.05, 4.69) is 38.1 Å². The molecule has 0 radical (unpaired) electrons. The number of hydrogen-bond donors (Lipinski definition) is 0. The van der Waals surface area contributed by atoms with Crippen molar-refractivity contribution in [3.63, 3.8) is 0 Å². The van der Waals surface area contributed by atoms with Crippen LogP contribution in [0.15, 0.2) is 54.6 Å². The minimum absolute atomic E-state index is 0.298. The van der Waals surface area contributed by atoms with Crippen LogP contribution < -0.4 is 4.74 Å². The van der Waals surface area contributed by atoms with Gasteiger partial charge in [0, 0.05) is 0 Å². The Bertz CT molecular complexity index is 971. The van der Waals surface area contributed by atoms with Gasteiger partial charge in [-0.2, -0.15) is 0 Å². The first-order chi connectivity index (χ1) is 18.6. The first-order valence-electron chi connectivity index (χ1n) is 15.7. The normalized spacial score (nSPS) is 23.9. The predicted octanol–water partition coefficient (Wildman–Crippen LogP) is 10.5. The molecule has 0 bridgehead atoms. The Morgan fingerprint density at radius 2 is 1.42 bits per heavy atom. The summed E-state index contributed by atoms with van der Waals surface area (Å²) >= 11 is 0. The van der Waals surface area contributed by atoms with E-state index in [-0.39, 0.29) is 5.97 Å². The lowest BCUT2D eigenvalue weighted by molar-refractivity contribution is 0.0734. The van der Waals surface area contributed by atoms with Crippen LogP contribution in [0.5, 0.6) is 5.75 Å². The van der Waals surface area contributed by atoms with Gasteiger partial charge in [0.05, 0.1) is 5.56 Å². The minimum atomic E-state index is -0.298. The first kappa shape index (κ1) is 28.7. The van der Waals surface area contributed by atoms with Crippen LogP contribution in [0.1, 0.15) is 125 Å². The molecule has 206 valence electrons. The van der Waals surface area contributed by atoms with Gasteiger partial charge in [-0.1, -0.05) is 95.2 Å². The Hall–Kier alpha value is -2.35. The van der Waals surface area contributed by atoms with Gasteiger partial charge in [-0.15, -0.1) is 0 Å². The molecule has 2 aliphatic rings. The molecule has 2 heteroatoms. The topological polar surface area (TPSA) is 26.3 Å². The maximum Gasteiger partial charge on any atom is 0.343 e. The van der Waals surface area contributed by atoms with Gasteiger partial charge in [-0.3, -0.25) is 0 Å². The van der Waals surface area contributed by atoms with E-state index in [4.69, 9.17) is 4.74 Å². The Labute approximate surface area is 232 Å². The molecule has 38 heavy (non-hydrogen) atoms. The van der Waals surface area contributed by atoms with Gasteiger partial charge < -0.3 is 4.74 Å². The molecular weight excluding hydrogens is 464 g/mol. The molecule has 2 aromatic carbocycles. The fourth-order valence-corrected chi connectivity index (χ4v) is 6.77. The summed E-state index contributed by atoms with van der Waals surface area (Å²) in [5, 5.41) is 0. The van der Waals surface area contributed by atoms with E-state index in [1.807, 2.05) is 36.4 Å². The van der Waals surface area contributed by atoms with Crippen molar-refractivity contribution >= 4 is 12.0 Å². The number of aryl methyl sites for hydroxylation is 1. The smallest absolute Gasteiger partial charge is 0.343 e. The van der Waals surface area contributed by atoms with E-state index < -0.39 is 0 Å². The van der Waals surface area contributed by atoms with Crippen molar-refractivity contribution < 1.29 is 9.53 Å². The lowest BCUT2D eigenvalue weighted by Crippen LogP contribution is -2.25. The zero-order valence-electron chi connectivity index (χ0n) is 24.0. The van der Waals surface area contributed by atoms with E-state index >= 15 is 0 Å². The van der Waals surface area contributed by atoms with E-state index in [1.165, 1.54) is 89.0 Å². The minimum Gasteiger partial charge on any atom is -0.423 e. The molecule has 2 nitrogen and oxygen atoms in total. The highest BCUT2D eigenvalue weighted by molar-refractivity contribution is 5.91. The monoisotopic (exact) mass is 514 g/mol. The van der Waals surface area contributed by atoms with E-state index in [9.17, 15) is 4.79 Å². The highest BCUT2D eigenvalue weighted by atomic mass is 16.5. The third kappa shape index (κ3) is 8.85. The number of benzene rings is 2. The Morgan fingerprint density at radius 1 is 0.789 bits per heavy atom. The highest BCUT2D eigenvalue weighted by Gasteiger charge is 2.30. The summed E-state index contributed by atoms with van der Waals surface area (Å²) in [6.45, 7) is 4.59. The van der Waals surface area contributed by atoms with Crippen molar-refractivity contribution in [2.45, 2.75) is 110 Å². The molecule has 0 saturated heterocycles. The second-order valence-corrected chi connectivity index (χ2v) is 12.1. The van der Waals surface area contributed by atoms with Gasteiger partial charge in [0.25, 0.3) is 0 Å². The second kappa shape index (κ2) is 15.3. The number of hydrogen-bond acceptors (Lipinski definition) is 2. The summed E-state index contributed by atoms with van der Waals surface area (Å²) in [6.07, 6.45) is 24.9. The summed E-state index contributed by atoms with van der Waals surface area (Å²) in [5.74, 6) is 4.27. The SMILES string of the molecule is CCCCCc1ccc(OC(=O)c2ccc(/C=C/CCC3CCC(C4CCC(CC)CC4)CC3)cc2)cc1. The number of carbonyl (C=O) groups excluding carboxylic acids is 1. The van der Waals surface area contributed by atoms with Gasteiger partial charge in [-0.05, 0) is 110 Å². The first-order valence-corrected chi connectivity index (χ1v) is 15.7. The fourth-order valence-electron chi connectivity index (χ4n) is 6.77. The van der Waals surface area contributed by atoms with Crippen molar-refractivity contribution in [2.75, 3.05) is 0 Å². The quantitative estimate of drug-likeness (QED) is 0.160. The van der Waals surface area contributed by atoms with Crippen LogP contribution in [-0.2, 0) is 6.42 Å². The van der Waals surface area contributed by atoms with E-state index in [1.54, 1.807) is 0 Å². The third-order valence-electron chi connectivity index (χ3n) is 9.43. The van der Waals surface area contributed by atoms with Gasteiger partial charge in [0.2, 0.25) is 0 Å². The second-order valence-electron chi connectivity index (χ2n) is 12.1. The van der Waals surface area contributed by atoms with Gasteiger partial charge in [0.15, 0.2) is 0 Å². The zero-order valence-corrected chi connectivity index (χ0v) is 24.0. The molecule has 2 aromatic rings. The number of carbonyl (C=O) groups is 1. The maximum atomic E-state index is 12.6. The van der Waals surface area contributed by atoms with Crippen LogP contribution in [0.4, 0.5) is 0 Å². The Balaban J connectivity index is 1.14. The lowest BCUT2D eigenvalue weighted by Gasteiger charge is -2.37. The van der Waals surface area contributed by atoms with Gasteiger partial charge >= 0.3 is 5.97 Å². The molecule has 0 spiro atoms. The number of allylic oxidation sites excluding steroid dienone is 1. The van der Waals surface area contributed by atoms with E-state index in [0.29, 0.717) is 11.3 Å². The molecule has 0 heterocycles. The summed E-state index contributed by atoms with van der Waals surface area (Å²) in [7, 11) is 0. The van der Waals surface area contributed by atoms with Crippen molar-refractivity contribution in [1.82, 2.24) is 0 Å². The third-order valence-corrected chi connectivity index (χ3v) is 9.43. The molecule has 0 aromatic heterocycles. The molecule has 2 fully saturated rings. The average Bonchev–Trinajstić information content (AvgIpc) is 2.97. The standard InChI is InChI=1S/C36H50O2/c1-3-5-6-9-31-18-26-35(27-19-31)38-36(37)34-24-16-30(17-25-34)11-8-7-10-29-14-22-33(23-15-29)32-20-12-28(4-2)13-21-32/h8,11,16-19,24-29,32-33H,3-7,9-10,12-15,20-23H2,1-2H3/b11-8+. The van der Waals surface area contributed by atoms with Crippen LogP contribution in [0.3, 0.4) is 0 Å². The molecule has 0 N–H and O–H groups in total. The Kier molecular flexibility index (Phi) is 11.5. The predicted molar refractivity (Wildman–Crippen MR) is 161 cm³/mol. The van der Waals surface area contributed by atoms with E-state index in [0.717, 1.165) is 42.1 Å². The van der Waals surface area contributed by atoms with Crippen LogP contribution in [0, 0.1) is 23.7 Å². The average molecular weight is 515 g/mol. The summed E-state index contributed by atoms with van der Waals surface area (Å²) in [5.41, 5.74) is 3.03. The number of ether oxygens (including phenoxy) is 1. The number of esters is 1. The zero-order chi connectivity index (χ0) is 26.6. The molecule has 2 saturated carbocycles. The van der Waals surface area contributed by atoms with Crippen molar-refractivity contribution in [1.29, 1.82) is 0 Å². The largest absolute Gasteiger partial charge is 0.423 e. The highest BCUT2D eigenvalue weighted by Crippen LogP contribution is 2.42. The van der Waals surface area contributed by atoms with Gasteiger partial charge in [-0.25, -0.2) is 4.79 Å². The number of rotatable bonds is 12. The Morgan fingerprint density at radius 3 is 2.03 bits per heavy atom. The molecular formula is C36H50O2. The molecule has 0 unspecified atom stereocenters. The van der Waals surface area contributed by atoms with Crippen LogP contribution in [-0.4, -0.2) is 5.97 Å². The van der Waals surface area contributed by atoms with Crippen molar-refractivity contribution in [3.8, 4) is 5.75 Å². The summed E-state index contributed by atoms with van der Waals surface area (Å²) in [6, 6.07) is 15.7. The lowest BCUT2D eigenvalue weighted by atomic mass is 9.68. The number of unbranched alkanes of at least 4 members (excludes halogenated alkanes) is 2. The van der Waals surface area contributed by atoms with Crippen molar-refractivity contribution in [3.05, 3.63) is 71.3 Å². The van der Waals surface area contributed by atoms with Crippen LogP contribution >= 0.6 is 0 Å². The van der Waals surface area contributed by atoms with Gasteiger partial charge in [0.1, 0.15) is 5.75 Å². The molecule has 0 atom stereocenters. The molecule has 4 rings (SSSR count). The fraction of sp³-hybridized carbons (Fsp3) is 0.583.